The van der Waals surface area contributed by atoms with Gasteiger partial charge in [-0.25, -0.2) is 9.18 Å². The number of nitro benzene ring substituents is 1. The second-order valence-electron chi connectivity index (χ2n) is 8.34. The molecule has 0 bridgehead atoms. The Bertz CT molecular complexity index is 1690. The van der Waals surface area contributed by atoms with Gasteiger partial charge >= 0.3 is 5.97 Å². The van der Waals surface area contributed by atoms with Crippen LogP contribution in [0.25, 0.3) is 27.5 Å². The average molecular weight is 481 g/mol. The van der Waals surface area contributed by atoms with Crippen LogP contribution in [-0.4, -0.2) is 21.2 Å². The van der Waals surface area contributed by atoms with Crippen molar-refractivity contribution in [3.63, 3.8) is 0 Å². The zero-order valence-electron chi connectivity index (χ0n) is 19.4. The molecule has 1 heterocycles. The van der Waals surface area contributed by atoms with Crippen molar-refractivity contribution in [3.8, 4) is 5.69 Å². The first-order chi connectivity index (χ1) is 17.3. The molecular formula is C28H20FN3O4. The fourth-order valence-electron chi connectivity index (χ4n) is 4.38. The van der Waals surface area contributed by atoms with Gasteiger partial charge < -0.3 is 9.40 Å². The number of nitro groups is 1. The maximum atomic E-state index is 13.5. The lowest BCUT2D eigenvalue weighted by Crippen LogP contribution is -2.09. The van der Waals surface area contributed by atoms with Gasteiger partial charge in [0.1, 0.15) is 11.5 Å². The smallest absolute Gasteiger partial charge is 0.318 e. The fraction of sp³-hybridized carbons (Fsp3) is 0.0714. The highest BCUT2D eigenvalue weighted by Gasteiger charge is 2.18. The van der Waals surface area contributed by atoms with E-state index in [4.69, 9.17) is 4.84 Å². The second-order valence-corrected chi connectivity index (χ2v) is 8.34. The Morgan fingerprint density at radius 1 is 0.944 bits per heavy atom. The van der Waals surface area contributed by atoms with E-state index in [9.17, 15) is 19.3 Å². The van der Waals surface area contributed by atoms with E-state index in [1.54, 1.807) is 24.3 Å². The summed E-state index contributed by atoms with van der Waals surface area (Å²) < 4.78 is 15.6. The maximum Gasteiger partial charge on any atom is 0.332 e. The van der Waals surface area contributed by atoms with Crippen LogP contribution in [0.4, 0.5) is 10.1 Å². The first kappa shape index (κ1) is 22.9. The molecule has 0 unspecified atom stereocenters. The van der Waals surface area contributed by atoms with Gasteiger partial charge in [-0.3, -0.25) is 10.1 Å². The van der Waals surface area contributed by atoms with Gasteiger partial charge in [0.05, 0.1) is 16.0 Å². The fourth-order valence-corrected chi connectivity index (χ4v) is 4.38. The lowest BCUT2D eigenvalue weighted by Gasteiger charge is -2.13. The number of carbonyl (C=O) groups excluding carboxylic acids is 1. The molecule has 0 fully saturated rings. The van der Waals surface area contributed by atoms with Crippen molar-refractivity contribution in [2.24, 2.45) is 5.16 Å². The number of non-ortho nitro benzene ring substituents is 1. The van der Waals surface area contributed by atoms with Crippen molar-refractivity contribution in [2.75, 3.05) is 0 Å². The average Bonchev–Trinajstić information content (AvgIpc) is 3.19. The monoisotopic (exact) mass is 481 g/mol. The number of para-hydroxylation sites is 1. The highest BCUT2D eigenvalue weighted by atomic mass is 19.1. The van der Waals surface area contributed by atoms with Gasteiger partial charge in [-0.2, -0.15) is 0 Å². The Kier molecular flexibility index (Phi) is 5.77. The third kappa shape index (κ3) is 4.09. The molecule has 0 aliphatic rings. The molecule has 1 aromatic heterocycles. The molecule has 5 aromatic rings. The quantitative estimate of drug-likeness (QED) is 0.125. The van der Waals surface area contributed by atoms with Crippen molar-refractivity contribution in [3.05, 3.63) is 118 Å². The molecule has 178 valence electrons. The van der Waals surface area contributed by atoms with Crippen LogP contribution in [-0.2, 0) is 9.63 Å². The van der Waals surface area contributed by atoms with E-state index in [1.807, 2.05) is 54.0 Å². The van der Waals surface area contributed by atoms with Crippen molar-refractivity contribution < 1.29 is 18.9 Å². The first-order valence-electron chi connectivity index (χ1n) is 11.1. The minimum absolute atomic E-state index is 0.0301. The third-order valence-electron chi connectivity index (χ3n) is 5.97. The Balaban J connectivity index is 1.68. The minimum Gasteiger partial charge on any atom is -0.318 e. The molecule has 36 heavy (non-hydrogen) atoms. The Labute approximate surface area is 205 Å². The predicted molar refractivity (Wildman–Crippen MR) is 136 cm³/mol. The highest BCUT2D eigenvalue weighted by Crippen LogP contribution is 2.34. The second kappa shape index (κ2) is 9.07. The molecule has 0 N–H and O–H groups in total. The Morgan fingerprint density at radius 2 is 1.67 bits per heavy atom. The van der Waals surface area contributed by atoms with E-state index in [-0.39, 0.29) is 11.5 Å². The minimum atomic E-state index is -0.566. The van der Waals surface area contributed by atoms with E-state index in [2.05, 4.69) is 5.16 Å². The highest BCUT2D eigenvalue weighted by molar-refractivity contribution is 6.14. The van der Waals surface area contributed by atoms with Crippen LogP contribution in [0.1, 0.15) is 23.6 Å². The number of carbonyl (C=O) groups is 1. The molecule has 7 nitrogen and oxygen atoms in total. The van der Waals surface area contributed by atoms with Crippen LogP contribution < -0.4 is 0 Å². The van der Waals surface area contributed by atoms with Gasteiger partial charge in [0, 0.05) is 46.6 Å². The third-order valence-corrected chi connectivity index (χ3v) is 5.97. The van der Waals surface area contributed by atoms with Crippen molar-refractivity contribution in [1.82, 2.24) is 4.57 Å². The SMILES string of the molecule is CC(=O)O/N=C(/c1ccc(F)cc1)c1ccc(-n2c3ccccc3c3cc([N+](=O)[O-])ccc32)cc1C. The summed E-state index contributed by atoms with van der Waals surface area (Å²) in [5, 5.41) is 17.1. The summed E-state index contributed by atoms with van der Waals surface area (Å²) in [4.78, 5) is 27.4. The number of aryl methyl sites for hydroxylation is 1. The molecule has 0 saturated heterocycles. The molecular weight excluding hydrogens is 461 g/mol. The van der Waals surface area contributed by atoms with E-state index in [1.165, 1.54) is 25.1 Å². The molecule has 4 aromatic carbocycles. The standard InChI is InChI=1S/C28H20FN3O4/c1-17-15-21(11-13-23(17)28(30-36-18(2)33)19-7-9-20(29)10-8-19)31-26-6-4-3-5-24(26)25-16-22(32(34)35)12-14-27(25)31/h3-16H,1-2H3/b30-28-. The number of halogens is 1. The van der Waals surface area contributed by atoms with Gasteiger partial charge in [0.2, 0.25) is 0 Å². The number of nitrogens with zero attached hydrogens (tertiary/aromatic N) is 3. The van der Waals surface area contributed by atoms with E-state index >= 15 is 0 Å². The molecule has 0 radical (unpaired) electrons. The van der Waals surface area contributed by atoms with Crippen molar-refractivity contribution in [2.45, 2.75) is 13.8 Å². The predicted octanol–water partition coefficient (Wildman–Crippen LogP) is 6.45. The van der Waals surface area contributed by atoms with Crippen LogP contribution in [0.15, 0.2) is 90.1 Å². The van der Waals surface area contributed by atoms with E-state index in [0.29, 0.717) is 16.8 Å². The van der Waals surface area contributed by atoms with Crippen LogP contribution in [0.2, 0.25) is 0 Å². The van der Waals surface area contributed by atoms with Crippen LogP contribution >= 0.6 is 0 Å². The number of aromatic nitrogens is 1. The summed E-state index contributed by atoms with van der Waals surface area (Å²) in [6.07, 6.45) is 0. The van der Waals surface area contributed by atoms with E-state index < -0.39 is 10.9 Å². The number of hydrogen-bond donors (Lipinski definition) is 0. The summed E-state index contributed by atoms with van der Waals surface area (Å²) >= 11 is 0. The first-order valence-corrected chi connectivity index (χ1v) is 11.1. The summed E-state index contributed by atoms with van der Waals surface area (Å²) in [5.74, 6) is -0.951. The van der Waals surface area contributed by atoms with Gasteiger partial charge in [0.15, 0.2) is 0 Å². The molecule has 0 aliphatic heterocycles. The number of hydrogen-bond acceptors (Lipinski definition) is 5. The normalized spacial score (nSPS) is 11.7. The summed E-state index contributed by atoms with van der Waals surface area (Å²) in [6, 6.07) is 24.1. The van der Waals surface area contributed by atoms with Crippen LogP contribution in [0.5, 0.6) is 0 Å². The molecule has 0 amide bonds. The van der Waals surface area contributed by atoms with Gasteiger partial charge in [-0.05, 0) is 61.0 Å². The summed E-state index contributed by atoms with van der Waals surface area (Å²) in [5.41, 5.74) is 5.17. The molecule has 0 atom stereocenters. The lowest BCUT2D eigenvalue weighted by atomic mass is 9.97. The number of benzene rings is 4. The number of fused-ring (bicyclic) bond motifs is 3. The van der Waals surface area contributed by atoms with Crippen LogP contribution in [0, 0.1) is 22.9 Å². The Morgan fingerprint density at radius 3 is 2.36 bits per heavy atom. The number of oxime groups is 1. The topological polar surface area (TPSA) is 86.7 Å². The lowest BCUT2D eigenvalue weighted by molar-refractivity contribution is -0.384. The summed E-state index contributed by atoms with van der Waals surface area (Å²) in [6.45, 7) is 3.17. The van der Waals surface area contributed by atoms with Gasteiger partial charge in [0.25, 0.3) is 5.69 Å². The number of rotatable bonds is 5. The zero-order chi connectivity index (χ0) is 25.4. The molecule has 0 saturated carbocycles. The maximum absolute atomic E-state index is 13.5. The van der Waals surface area contributed by atoms with Crippen molar-refractivity contribution in [1.29, 1.82) is 0 Å². The van der Waals surface area contributed by atoms with Gasteiger partial charge in [-0.1, -0.05) is 29.4 Å². The molecule has 0 spiro atoms. The largest absolute Gasteiger partial charge is 0.332 e. The van der Waals surface area contributed by atoms with Gasteiger partial charge in [-0.15, -0.1) is 0 Å². The summed E-state index contributed by atoms with van der Waals surface area (Å²) in [7, 11) is 0. The molecule has 5 rings (SSSR count). The molecule has 0 aliphatic carbocycles. The Hall–Kier alpha value is -4.85. The van der Waals surface area contributed by atoms with Crippen molar-refractivity contribution >= 4 is 39.2 Å². The van der Waals surface area contributed by atoms with Crippen LogP contribution in [0.3, 0.4) is 0 Å². The van der Waals surface area contributed by atoms with E-state index in [0.717, 1.165) is 33.1 Å². The zero-order valence-corrected chi connectivity index (χ0v) is 19.4. The molecule has 8 heteroatoms.